The van der Waals surface area contributed by atoms with E-state index in [1.807, 2.05) is 6.07 Å². The van der Waals surface area contributed by atoms with Crippen molar-refractivity contribution < 1.29 is 13.2 Å². The number of carbonyl (C=O) groups excluding carboxylic acids is 1. The number of sulfonamides is 1. The standard InChI is InChI=1S/C16H13Cl3N4O3S/c1-23(27(25,26)12-4-2-10(8-20)3-5-12)9-15(24)21-22-16-13(18)6-11(17)7-14(16)19/h2-7,22H,9H2,1H3,(H,21,24). The molecule has 2 aromatic carbocycles. The molecule has 0 radical (unpaired) electrons. The van der Waals surface area contributed by atoms with Crippen LogP contribution in [0, 0.1) is 11.3 Å². The third-order valence-electron chi connectivity index (χ3n) is 3.39. The molecule has 0 unspecified atom stereocenters. The van der Waals surface area contributed by atoms with Gasteiger partial charge in [-0.2, -0.15) is 9.57 Å². The van der Waals surface area contributed by atoms with Crippen molar-refractivity contribution in [2.45, 2.75) is 4.90 Å². The molecule has 0 aliphatic heterocycles. The molecule has 2 N–H and O–H groups in total. The third-order valence-corrected chi connectivity index (χ3v) is 6.02. The molecule has 0 aromatic heterocycles. The number of anilines is 1. The van der Waals surface area contributed by atoms with E-state index in [2.05, 4.69) is 10.9 Å². The average Bonchev–Trinajstić information content (AvgIpc) is 2.60. The van der Waals surface area contributed by atoms with Crippen molar-refractivity contribution in [3.8, 4) is 6.07 Å². The van der Waals surface area contributed by atoms with Crippen LogP contribution in [0.2, 0.25) is 15.1 Å². The van der Waals surface area contributed by atoms with Crippen LogP contribution in [0.3, 0.4) is 0 Å². The summed E-state index contributed by atoms with van der Waals surface area (Å²) in [6.45, 7) is -0.460. The van der Waals surface area contributed by atoms with Gasteiger partial charge in [-0.1, -0.05) is 34.8 Å². The van der Waals surface area contributed by atoms with E-state index >= 15 is 0 Å². The number of nitriles is 1. The smallest absolute Gasteiger partial charge is 0.253 e. The minimum atomic E-state index is -3.90. The first-order valence-corrected chi connectivity index (χ1v) is 9.88. The average molecular weight is 448 g/mol. The number of hydrazine groups is 1. The summed E-state index contributed by atoms with van der Waals surface area (Å²) < 4.78 is 25.8. The molecule has 11 heteroatoms. The highest BCUT2D eigenvalue weighted by Gasteiger charge is 2.23. The molecule has 7 nitrogen and oxygen atoms in total. The van der Waals surface area contributed by atoms with Crippen LogP contribution in [0.4, 0.5) is 5.69 Å². The highest BCUT2D eigenvalue weighted by atomic mass is 35.5. The second-order valence-electron chi connectivity index (χ2n) is 5.31. The van der Waals surface area contributed by atoms with E-state index in [9.17, 15) is 13.2 Å². The van der Waals surface area contributed by atoms with Crippen molar-refractivity contribution >= 4 is 56.4 Å². The second-order valence-corrected chi connectivity index (χ2v) is 8.61. The molecule has 27 heavy (non-hydrogen) atoms. The minimum absolute atomic E-state index is 0.0338. The maximum Gasteiger partial charge on any atom is 0.253 e. The highest BCUT2D eigenvalue weighted by Crippen LogP contribution is 2.33. The second kappa shape index (κ2) is 8.78. The van der Waals surface area contributed by atoms with Gasteiger partial charge in [0.1, 0.15) is 0 Å². The third kappa shape index (κ3) is 5.25. The Balaban J connectivity index is 2.03. The molecular formula is C16H13Cl3N4O3S. The molecular weight excluding hydrogens is 435 g/mol. The molecule has 0 bridgehead atoms. The lowest BCUT2D eigenvalue weighted by atomic mass is 10.2. The first kappa shape index (κ1) is 21.3. The summed E-state index contributed by atoms with van der Waals surface area (Å²) in [7, 11) is -2.64. The van der Waals surface area contributed by atoms with Gasteiger partial charge in [0.25, 0.3) is 5.91 Å². The number of amides is 1. The Hall–Kier alpha value is -2.02. The number of carbonyl (C=O) groups is 1. The van der Waals surface area contributed by atoms with E-state index in [1.165, 1.54) is 43.4 Å². The van der Waals surface area contributed by atoms with Gasteiger partial charge >= 0.3 is 0 Å². The van der Waals surface area contributed by atoms with Crippen LogP contribution in [0.15, 0.2) is 41.3 Å². The normalized spacial score (nSPS) is 11.1. The number of hydrogen-bond acceptors (Lipinski definition) is 5. The summed E-state index contributed by atoms with van der Waals surface area (Å²) in [5.41, 5.74) is 5.42. The van der Waals surface area contributed by atoms with E-state index in [-0.39, 0.29) is 20.6 Å². The molecule has 2 rings (SSSR count). The zero-order chi connectivity index (χ0) is 20.2. The number of likely N-dealkylation sites (N-methyl/N-ethyl adjacent to an activating group) is 1. The summed E-state index contributed by atoms with van der Waals surface area (Å²) in [4.78, 5) is 12.0. The Morgan fingerprint density at radius 3 is 2.22 bits per heavy atom. The Morgan fingerprint density at radius 2 is 1.70 bits per heavy atom. The number of benzene rings is 2. The van der Waals surface area contributed by atoms with Crippen molar-refractivity contribution in [3.63, 3.8) is 0 Å². The fourth-order valence-corrected chi connectivity index (χ4v) is 4.04. The Kier molecular flexibility index (Phi) is 6.92. The van der Waals surface area contributed by atoms with Gasteiger partial charge in [-0.25, -0.2) is 8.42 Å². The largest absolute Gasteiger partial charge is 0.296 e. The molecule has 0 fully saturated rings. The van der Waals surface area contributed by atoms with Crippen molar-refractivity contribution in [2.75, 3.05) is 19.0 Å². The molecule has 0 saturated carbocycles. The van der Waals surface area contributed by atoms with Crippen LogP contribution in [0.1, 0.15) is 5.56 Å². The van der Waals surface area contributed by atoms with Crippen LogP contribution in [-0.2, 0) is 14.8 Å². The quantitative estimate of drug-likeness (QED) is 0.662. The zero-order valence-electron chi connectivity index (χ0n) is 13.8. The Bertz CT molecular complexity index is 982. The predicted molar refractivity (Wildman–Crippen MR) is 104 cm³/mol. The lowest BCUT2D eigenvalue weighted by molar-refractivity contribution is -0.120. The number of nitrogens with zero attached hydrogens (tertiary/aromatic N) is 2. The fourth-order valence-electron chi connectivity index (χ4n) is 2.00. The summed E-state index contributed by atoms with van der Waals surface area (Å²) in [6.07, 6.45) is 0. The number of nitrogens with one attached hydrogen (secondary N) is 2. The molecule has 2 aromatic rings. The molecule has 0 saturated heterocycles. The van der Waals surface area contributed by atoms with Crippen LogP contribution in [0.25, 0.3) is 0 Å². The molecule has 0 atom stereocenters. The molecule has 0 aliphatic rings. The molecule has 1 amide bonds. The van der Waals surface area contributed by atoms with Gasteiger partial charge in [0, 0.05) is 12.1 Å². The number of rotatable bonds is 6. The van der Waals surface area contributed by atoms with Gasteiger partial charge in [-0.05, 0) is 36.4 Å². The maximum absolute atomic E-state index is 12.5. The number of halogens is 3. The lowest BCUT2D eigenvalue weighted by Crippen LogP contribution is -2.40. The topological polar surface area (TPSA) is 102 Å². The number of hydrogen-bond donors (Lipinski definition) is 2. The minimum Gasteiger partial charge on any atom is -0.296 e. The van der Waals surface area contributed by atoms with Gasteiger partial charge in [-0.15, -0.1) is 0 Å². The Morgan fingerprint density at radius 1 is 1.15 bits per heavy atom. The van der Waals surface area contributed by atoms with Crippen molar-refractivity contribution in [2.24, 2.45) is 0 Å². The highest BCUT2D eigenvalue weighted by molar-refractivity contribution is 7.89. The summed E-state index contributed by atoms with van der Waals surface area (Å²) in [5.74, 6) is -0.642. The van der Waals surface area contributed by atoms with Gasteiger partial charge in [-0.3, -0.25) is 15.6 Å². The van der Waals surface area contributed by atoms with E-state index < -0.39 is 22.5 Å². The molecule has 142 valence electrons. The van der Waals surface area contributed by atoms with Gasteiger partial charge in [0.2, 0.25) is 10.0 Å². The summed E-state index contributed by atoms with van der Waals surface area (Å²) in [6, 6.07) is 10.1. The molecule has 0 spiro atoms. The van der Waals surface area contributed by atoms with E-state index in [1.54, 1.807) is 0 Å². The summed E-state index contributed by atoms with van der Waals surface area (Å²) in [5, 5.41) is 9.47. The molecule has 0 aliphatic carbocycles. The van der Waals surface area contributed by atoms with Crippen molar-refractivity contribution in [1.82, 2.24) is 9.73 Å². The monoisotopic (exact) mass is 446 g/mol. The lowest BCUT2D eigenvalue weighted by Gasteiger charge is -2.18. The SMILES string of the molecule is CN(CC(=O)NNc1c(Cl)cc(Cl)cc1Cl)S(=O)(=O)c1ccc(C#N)cc1. The first-order valence-electron chi connectivity index (χ1n) is 7.31. The van der Waals surface area contributed by atoms with Crippen molar-refractivity contribution in [3.05, 3.63) is 57.0 Å². The van der Waals surface area contributed by atoms with Crippen LogP contribution >= 0.6 is 34.8 Å². The van der Waals surface area contributed by atoms with E-state index in [4.69, 9.17) is 40.1 Å². The molecule has 0 heterocycles. The van der Waals surface area contributed by atoms with E-state index in [0.717, 1.165) is 4.31 Å². The summed E-state index contributed by atoms with van der Waals surface area (Å²) >= 11 is 17.8. The van der Waals surface area contributed by atoms with Crippen LogP contribution in [-0.4, -0.2) is 32.2 Å². The van der Waals surface area contributed by atoms with Gasteiger partial charge < -0.3 is 0 Å². The maximum atomic E-state index is 12.5. The van der Waals surface area contributed by atoms with Gasteiger partial charge in [0.05, 0.1) is 38.8 Å². The fraction of sp³-hybridized carbons (Fsp3) is 0.125. The first-order chi connectivity index (χ1) is 12.6. The Labute approximate surface area is 171 Å². The van der Waals surface area contributed by atoms with E-state index in [0.29, 0.717) is 10.6 Å². The predicted octanol–water partition coefficient (Wildman–Crippen LogP) is 3.28. The van der Waals surface area contributed by atoms with Crippen LogP contribution in [0.5, 0.6) is 0 Å². The van der Waals surface area contributed by atoms with Gasteiger partial charge in [0.15, 0.2) is 0 Å². The zero-order valence-corrected chi connectivity index (χ0v) is 16.9. The van der Waals surface area contributed by atoms with Crippen molar-refractivity contribution in [1.29, 1.82) is 5.26 Å². The van der Waals surface area contributed by atoms with Crippen LogP contribution < -0.4 is 10.9 Å².